The SMILES string of the molecule is Cc1ccccc1-n1ncc(C(C)NC(=O)Cc2ccc(Cl)cc2)c1C. The van der Waals surface area contributed by atoms with Crippen LogP contribution in [0, 0.1) is 13.8 Å². The molecule has 0 saturated heterocycles. The van der Waals surface area contributed by atoms with Gasteiger partial charge in [0.1, 0.15) is 0 Å². The Morgan fingerprint density at radius 1 is 1.15 bits per heavy atom. The first-order valence-electron chi connectivity index (χ1n) is 8.60. The number of hydrogen-bond acceptors (Lipinski definition) is 2. The molecule has 0 aliphatic heterocycles. The molecule has 0 fully saturated rings. The molecular formula is C21H22ClN3O. The first-order chi connectivity index (χ1) is 12.5. The number of amides is 1. The zero-order valence-electron chi connectivity index (χ0n) is 15.2. The van der Waals surface area contributed by atoms with E-state index in [2.05, 4.69) is 23.4 Å². The lowest BCUT2D eigenvalue weighted by Crippen LogP contribution is -2.28. The fraction of sp³-hybridized carbons (Fsp3) is 0.238. The van der Waals surface area contributed by atoms with Gasteiger partial charge in [0, 0.05) is 16.3 Å². The first kappa shape index (κ1) is 18.2. The summed E-state index contributed by atoms with van der Waals surface area (Å²) in [5.41, 5.74) is 5.18. The van der Waals surface area contributed by atoms with E-state index in [1.54, 1.807) is 12.1 Å². The Bertz CT molecular complexity index is 915. The third-order valence-electron chi connectivity index (χ3n) is 4.51. The van der Waals surface area contributed by atoms with Crippen molar-refractivity contribution in [2.24, 2.45) is 0 Å². The monoisotopic (exact) mass is 367 g/mol. The van der Waals surface area contributed by atoms with Gasteiger partial charge in [0.05, 0.1) is 24.3 Å². The van der Waals surface area contributed by atoms with Crippen LogP contribution in [0.2, 0.25) is 5.02 Å². The minimum Gasteiger partial charge on any atom is -0.349 e. The van der Waals surface area contributed by atoms with Gasteiger partial charge in [-0.05, 0) is 50.1 Å². The summed E-state index contributed by atoms with van der Waals surface area (Å²) in [5, 5.41) is 8.24. The van der Waals surface area contributed by atoms with E-state index >= 15 is 0 Å². The summed E-state index contributed by atoms with van der Waals surface area (Å²) in [6, 6.07) is 15.3. The van der Waals surface area contributed by atoms with Crippen molar-refractivity contribution in [3.8, 4) is 5.69 Å². The second kappa shape index (κ2) is 7.75. The molecule has 4 nitrogen and oxygen atoms in total. The smallest absolute Gasteiger partial charge is 0.224 e. The maximum atomic E-state index is 12.4. The molecule has 1 atom stereocenters. The van der Waals surface area contributed by atoms with Crippen LogP contribution in [0.25, 0.3) is 5.69 Å². The molecule has 3 rings (SSSR count). The lowest BCUT2D eigenvalue weighted by molar-refractivity contribution is -0.121. The molecule has 0 aliphatic rings. The zero-order valence-corrected chi connectivity index (χ0v) is 15.9. The van der Waals surface area contributed by atoms with E-state index < -0.39 is 0 Å². The van der Waals surface area contributed by atoms with E-state index in [-0.39, 0.29) is 11.9 Å². The Labute approximate surface area is 158 Å². The number of rotatable bonds is 5. The number of para-hydroxylation sites is 1. The Balaban J connectivity index is 1.72. The van der Waals surface area contributed by atoms with Gasteiger partial charge in [0.2, 0.25) is 5.91 Å². The summed E-state index contributed by atoms with van der Waals surface area (Å²) >= 11 is 5.88. The molecule has 1 aromatic heterocycles. The Morgan fingerprint density at radius 3 is 2.54 bits per heavy atom. The highest BCUT2D eigenvalue weighted by atomic mass is 35.5. The predicted octanol–water partition coefficient (Wildman–Crippen LogP) is 4.56. The van der Waals surface area contributed by atoms with Crippen LogP contribution >= 0.6 is 11.6 Å². The van der Waals surface area contributed by atoms with Crippen LogP contribution in [-0.2, 0) is 11.2 Å². The highest BCUT2D eigenvalue weighted by Crippen LogP contribution is 2.22. The number of nitrogens with one attached hydrogen (secondary N) is 1. The summed E-state index contributed by atoms with van der Waals surface area (Å²) in [6.07, 6.45) is 2.15. The van der Waals surface area contributed by atoms with Crippen molar-refractivity contribution in [1.82, 2.24) is 15.1 Å². The maximum Gasteiger partial charge on any atom is 0.224 e. The number of aryl methyl sites for hydroxylation is 1. The molecule has 0 saturated carbocycles. The number of aromatic nitrogens is 2. The van der Waals surface area contributed by atoms with E-state index in [0.29, 0.717) is 11.4 Å². The van der Waals surface area contributed by atoms with Gasteiger partial charge in [-0.2, -0.15) is 5.10 Å². The van der Waals surface area contributed by atoms with Crippen LogP contribution in [0.15, 0.2) is 54.7 Å². The number of nitrogens with zero attached hydrogens (tertiary/aromatic N) is 2. The third kappa shape index (κ3) is 3.97. The molecular weight excluding hydrogens is 346 g/mol. The molecule has 26 heavy (non-hydrogen) atoms. The zero-order chi connectivity index (χ0) is 18.7. The van der Waals surface area contributed by atoms with Crippen molar-refractivity contribution >= 4 is 17.5 Å². The van der Waals surface area contributed by atoms with Crippen molar-refractivity contribution in [2.75, 3.05) is 0 Å². The number of carbonyl (C=O) groups is 1. The number of carbonyl (C=O) groups excluding carboxylic acids is 1. The molecule has 1 unspecified atom stereocenters. The van der Waals surface area contributed by atoms with E-state index in [9.17, 15) is 4.79 Å². The van der Waals surface area contributed by atoms with Gasteiger partial charge in [-0.3, -0.25) is 4.79 Å². The Hall–Kier alpha value is -2.59. The lowest BCUT2D eigenvalue weighted by atomic mass is 10.1. The highest BCUT2D eigenvalue weighted by molar-refractivity contribution is 6.30. The summed E-state index contributed by atoms with van der Waals surface area (Å²) in [4.78, 5) is 12.4. The molecule has 0 spiro atoms. The largest absolute Gasteiger partial charge is 0.349 e. The van der Waals surface area contributed by atoms with Crippen molar-refractivity contribution in [3.05, 3.63) is 82.1 Å². The predicted molar refractivity (Wildman–Crippen MR) is 105 cm³/mol. The second-order valence-corrected chi connectivity index (χ2v) is 6.91. The molecule has 1 amide bonds. The number of halogens is 1. The molecule has 1 N–H and O–H groups in total. The van der Waals surface area contributed by atoms with Crippen LogP contribution in [0.1, 0.15) is 35.3 Å². The second-order valence-electron chi connectivity index (χ2n) is 6.48. The molecule has 134 valence electrons. The van der Waals surface area contributed by atoms with E-state index in [4.69, 9.17) is 11.6 Å². The molecule has 0 bridgehead atoms. The average molecular weight is 368 g/mol. The van der Waals surface area contributed by atoms with Crippen LogP contribution < -0.4 is 5.32 Å². The molecule has 5 heteroatoms. The summed E-state index contributed by atoms with van der Waals surface area (Å²) in [7, 11) is 0. The van der Waals surface area contributed by atoms with Gasteiger partial charge in [-0.1, -0.05) is 41.9 Å². The molecule has 2 aromatic carbocycles. The summed E-state index contributed by atoms with van der Waals surface area (Å²) in [6.45, 7) is 6.07. The van der Waals surface area contributed by atoms with Crippen molar-refractivity contribution < 1.29 is 4.79 Å². The quantitative estimate of drug-likeness (QED) is 0.718. The van der Waals surface area contributed by atoms with Gasteiger partial charge >= 0.3 is 0 Å². The topological polar surface area (TPSA) is 46.9 Å². The summed E-state index contributed by atoms with van der Waals surface area (Å²) in [5.74, 6) is -0.0251. The highest BCUT2D eigenvalue weighted by Gasteiger charge is 2.17. The standard InChI is InChI=1S/C21H22ClN3O/c1-14-6-4-5-7-20(14)25-16(3)19(13-23-25)15(2)24-21(26)12-17-8-10-18(22)11-9-17/h4-11,13,15H,12H2,1-3H3,(H,24,26). The lowest BCUT2D eigenvalue weighted by Gasteiger charge is -2.15. The van der Waals surface area contributed by atoms with Gasteiger partial charge in [0.15, 0.2) is 0 Å². The summed E-state index contributed by atoms with van der Waals surface area (Å²) < 4.78 is 1.92. The average Bonchev–Trinajstić information content (AvgIpc) is 2.99. The Morgan fingerprint density at radius 2 is 1.85 bits per heavy atom. The van der Waals surface area contributed by atoms with Gasteiger partial charge in [-0.15, -0.1) is 0 Å². The maximum absolute atomic E-state index is 12.4. The normalized spacial score (nSPS) is 12.0. The van der Waals surface area contributed by atoms with E-state index in [1.165, 1.54) is 0 Å². The van der Waals surface area contributed by atoms with E-state index in [1.807, 2.05) is 55.1 Å². The number of hydrogen-bond donors (Lipinski definition) is 1. The fourth-order valence-corrected chi connectivity index (χ4v) is 3.18. The van der Waals surface area contributed by atoms with Crippen molar-refractivity contribution in [2.45, 2.75) is 33.2 Å². The molecule has 0 radical (unpaired) electrons. The molecule has 3 aromatic rings. The van der Waals surface area contributed by atoms with Gasteiger partial charge in [-0.25, -0.2) is 4.68 Å². The van der Waals surface area contributed by atoms with Crippen LogP contribution in [0.3, 0.4) is 0 Å². The van der Waals surface area contributed by atoms with E-state index in [0.717, 1.165) is 28.1 Å². The number of benzene rings is 2. The third-order valence-corrected chi connectivity index (χ3v) is 4.77. The minimum atomic E-state index is -0.118. The minimum absolute atomic E-state index is 0.0251. The van der Waals surface area contributed by atoms with Crippen LogP contribution in [0.5, 0.6) is 0 Å². The van der Waals surface area contributed by atoms with Crippen LogP contribution in [0.4, 0.5) is 0 Å². The van der Waals surface area contributed by atoms with Crippen molar-refractivity contribution in [1.29, 1.82) is 0 Å². The van der Waals surface area contributed by atoms with Gasteiger partial charge < -0.3 is 5.32 Å². The fourth-order valence-electron chi connectivity index (χ4n) is 3.05. The molecule has 0 aliphatic carbocycles. The van der Waals surface area contributed by atoms with Crippen molar-refractivity contribution in [3.63, 3.8) is 0 Å². The van der Waals surface area contributed by atoms with Crippen LogP contribution in [-0.4, -0.2) is 15.7 Å². The van der Waals surface area contributed by atoms with Gasteiger partial charge in [0.25, 0.3) is 0 Å². The molecule has 1 heterocycles. The first-order valence-corrected chi connectivity index (χ1v) is 8.98. The Kier molecular flexibility index (Phi) is 5.43.